The van der Waals surface area contributed by atoms with Gasteiger partial charge in [0.15, 0.2) is 0 Å². The molecule has 1 atom stereocenters. The SMILES string of the molecule is NC1CC(C(=O)N2CCC(OCC#Cc3cccc(C4CCC(=O)NC4=O)c3)CC2)C1. The minimum Gasteiger partial charge on any atom is -0.365 e. The van der Waals surface area contributed by atoms with Gasteiger partial charge in [-0.2, -0.15) is 0 Å². The van der Waals surface area contributed by atoms with E-state index in [1.807, 2.05) is 29.2 Å². The van der Waals surface area contributed by atoms with Crippen molar-refractivity contribution in [2.45, 2.75) is 56.6 Å². The van der Waals surface area contributed by atoms with Crippen LogP contribution in [0.2, 0.25) is 0 Å². The number of hydrogen-bond donors (Lipinski definition) is 2. The molecule has 164 valence electrons. The zero-order valence-corrected chi connectivity index (χ0v) is 17.6. The summed E-state index contributed by atoms with van der Waals surface area (Å²) < 4.78 is 5.89. The van der Waals surface area contributed by atoms with Gasteiger partial charge in [0.25, 0.3) is 0 Å². The Kier molecular flexibility index (Phi) is 6.69. The van der Waals surface area contributed by atoms with Crippen LogP contribution >= 0.6 is 0 Å². The molecule has 7 heteroatoms. The maximum Gasteiger partial charge on any atom is 0.234 e. The molecule has 2 heterocycles. The molecule has 0 bridgehead atoms. The van der Waals surface area contributed by atoms with Gasteiger partial charge in [-0.05, 0) is 49.8 Å². The summed E-state index contributed by atoms with van der Waals surface area (Å²) in [5.41, 5.74) is 7.49. The van der Waals surface area contributed by atoms with E-state index in [9.17, 15) is 14.4 Å². The lowest BCUT2D eigenvalue weighted by Gasteiger charge is -2.38. The van der Waals surface area contributed by atoms with Crippen LogP contribution in [0, 0.1) is 17.8 Å². The highest BCUT2D eigenvalue weighted by atomic mass is 16.5. The topological polar surface area (TPSA) is 102 Å². The maximum absolute atomic E-state index is 12.4. The van der Waals surface area contributed by atoms with Gasteiger partial charge in [-0.25, -0.2) is 0 Å². The monoisotopic (exact) mass is 423 g/mol. The quantitative estimate of drug-likeness (QED) is 0.562. The second-order valence-electron chi connectivity index (χ2n) is 8.69. The smallest absolute Gasteiger partial charge is 0.234 e. The van der Waals surface area contributed by atoms with Gasteiger partial charge in [0.2, 0.25) is 17.7 Å². The number of piperidine rings is 2. The molecular formula is C24H29N3O4. The van der Waals surface area contributed by atoms with E-state index in [0.717, 1.165) is 49.9 Å². The van der Waals surface area contributed by atoms with E-state index in [2.05, 4.69) is 17.2 Å². The molecule has 3 N–H and O–H groups in total. The van der Waals surface area contributed by atoms with Crippen molar-refractivity contribution in [2.75, 3.05) is 19.7 Å². The number of amides is 3. The Balaban J connectivity index is 1.22. The summed E-state index contributed by atoms with van der Waals surface area (Å²) in [5, 5.41) is 2.40. The number of imide groups is 1. The largest absolute Gasteiger partial charge is 0.365 e. The molecule has 1 aliphatic carbocycles. The van der Waals surface area contributed by atoms with Crippen molar-refractivity contribution in [3.8, 4) is 11.8 Å². The van der Waals surface area contributed by atoms with Gasteiger partial charge in [-0.1, -0.05) is 24.0 Å². The first-order valence-electron chi connectivity index (χ1n) is 11.1. The van der Waals surface area contributed by atoms with Crippen LogP contribution in [-0.2, 0) is 19.1 Å². The predicted molar refractivity (Wildman–Crippen MR) is 115 cm³/mol. The molecule has 0 radical (unpaired) electrons. The minimum absolute atomic E-state index is 0.120. The summed E-state index contributed by atoms with van der Waals surface area (Å²) >= 11 is 0. The number of carbonyl (C=O) groups excluding carboxylic acids is 3. The lowest BCUT2D eigenvalue weighted by molar-refractivity contribution is -0.141. The third kappa shape index (κ3) is 5.33. The van der Waals surface area contributed by atoms with Crippen molar-refractivity contribution < 1.29 is 19.1 Å². The number of nitrogens with zero attached hydrogens (tertiary/aromatic N) is 1. The summed E-state index contributed by atoms with van der Waals surface area (Å²) in [5.74, 6) is 5.76. The van der Waals surface area contributed by atoms with Crippen molar-refractivity contribution in [3.63, 3.8) is 0 Å². The highest BCUT2D eigenvalue weighted by Crippen LogP contribution is 2.29. The summed E-state index contributed by atoms with van der Waals surface area (Å²) in [6.45, 7) is 1.80. The van der Waals surface area contributed by atoms with Crippen molar-refractivity contribution in [3.05, 3.63) is 35.4 Å². The van der Waals surface area contributed by atoms with Gasteiger partial charge in [-0.3, -0.25) is 19.7 Å². The third-order valence-corrected chi connectivity index (χ3v) is 6.43. The predicted octanol–water partition coefficient (Wildman–Crippen LogP) is 1.30. The van der Waals surface area contributed by atoms with E-state index < -0.39 is 0 Å². The number of carbonyl (C=O) groups is 3. The van der Waals surface area contributed by atoms with E-state index in [-0.39, 0.29) is 41.7 Å². The van der Waals surface area contributed by atoms with E-state index >= 15 is 0 Å². The first kappa shape index (κ1) is 21.5. The molecule has 0 aromatic heterocycles. The van der Waals surface area contributed by atoms with E-state index in [1.165, 1.54) is 0 Å². The van der Waals surface area contributed by atoms with Gasteiger partial charge in [0.05, 0.1) is 12.0 Å². The maximum atomic E-state index is 12.4. The molecule has 1 unspecified atom stereocenters. The Bertz CT molecular complexity index is 905. The molecule has 3 aliphatic rings. The highest BCUT2D eigenvalue weighted by molar-refractivity contribution is 6.00. The molecule has 1 aromatic rings. The Labute approximate surface area is 182 Å². The lowest BCUT2D eigenvalue weighted by Crippen LogP contribution is -2.49. The molecule has 1 aromatic carbocycles. The van der Waals surface area contributed by atoms with Crippen LogP contribution in [0.4, 0.5) is 0 Å². The lowest BCUT2D eigenvalue weighted by atomic mass is 9.79. The summed E-state index contributed by atoms with van der Waals surface area (Å²) in [6.07, 6.45) is 4.30. The van der Waals surface area contributed by atoms with Crippen molar-refractivity contribution >= 4 is 17.7 Å². The molecule has 2 saturated heterocycles. The van der Waals surface area contributed by atoms with E-state index in [1.54, 1.807) is 0 Å². The number of benzene rings is 1. The number of ether oxygens (including phenoxy) is 1. The third-order valence-electron chi connectivity index (χ3n) is 6.43. The summed E-state index contributed by atoms with van der Waals surface area (Å²) in [7, 11) is 0. The molecular weight excluding hydrogens is 394 g/mol. The fourth-order valence-corrected chi connectivity index (χ4v) is 4.51. The van der Waals surface area contributed by atoms with Crippen LogP contribution < -0.4 is 11.1 Å². The number of nitrogens with one attached hydrogen (secondary N) is 1. The fraction of sp³-hybridized carbons (Fsp3) is 0.542. The van der Waals surface area contributed by atoms with Gasteiger partial charge in [0, 0.05) is 37.0 Å². The van der Waals surface area contributed by atoms with Crippen LogP contribution in [0.1, 0.15) is 55.6 Å². The number of likely N-dealkylation sites (tertiary alicyclic amines) is 1. The van der Waals surface area contributed by atoms with E-state index in [4.69, 9.17) is 10.5 Å². The molecule has 3 amide bonds. The number of nitrogens with two attached hydrogens (primary N) is 1. The van der Waals surface area contributed by atoms with Crippen LogP contribution in [0.15, 0.2) is 24.3 Å². The molecule has 2 aliphatic heterocycles. The molecule has 31 heavy (non-hydrogen) atoms. The average molecular weight is 424 g/mol. The van der Waals surface area contributed by atoms with Crippen molar-refractivity contribution in [1.82, 2.24) is 10.2 Å². The van der Waals surface area contributed by atoms with Gasteiger partial charge in [-0.15, -0.1) is 0 Å². The minimum atomic E-state index is -0.306. The van der Waals surface area contributed by atoms with Crippen molar-refractivity contribution in [1.29, 1.82) is 0 Å². The fourth-order valence-electron chi connectivity index (χ4n) is 4.51. The van der Waals surface area contributed by atoms with Gasteiger partial charge < -0.3 is 15.4 Å². The Morgan fingerprint density at radius 2 is 1.97 bits per heavy atom. The average Bonchev–Trinajstić information content (AvgIpc) is 2.75. The van der Waals surface area contributed by atoms with E-state index in [0.29, 0.717) is 19.4 Å². The Hall–Kier alpha value is -2.69. The van der Waals surface area contributed by atoms with Crippen LogP contribution in [0.25, 0.3) is 0 Å². The second-order valence-corrected chi connectivity index (χ2v) is 8.69. The number of hydrogen-bond acceptors (Lipinski definition) is 5. The zero-order valence-electron chi connectivity index (χ0n) is 17.6. The molecule has 3 fully saturated rings. The van der Waals surface area contributed by atoms with Crippen LogP contribution in [0.3, 0.4) is 0 Å². The number of rotatable bonds is 4. The summed E-state index contributed by atoms with van der Waals surface area (Å²) in [6, 6.07) is 7.78. The first-order valence-corrected chi connectivity index (χ1v) is 11.1. The van der Waals surface area contributed by atoms with Gasteiger partial charge >= 0.3 is 0 Å². The standard InChI is InChI=1S/C24H29N3O4/c25-19-14-18(15-19)24(30)27-10-8-20(9-11-27)31-12-2-4-16-3-1-5-17(13-16)21-6-7-22(28)26-23(21)29/h1,3,5,13,18-21H,6-12,14-15,25H2,(H,26,28,29). The second kappa shape index (κ2) is 9.63. The molecule has 4 rings (SSSR count). The van der Waals surface area contributed by atoms with Crippen LogP contribution in [-0.4, -0.2) is 54.5 Å². The summed E-state index contributed by atoms with van der Waals surface area (Å²) in [4.78, 5) is 37.8. The Morgan fingerprint density at radius 3 is 2.68 bits per heavy atom. The Morgan fingerprint density at radius 1 is 1.19 bits per heavy atom. The molecule has 0 spiro atoms. The molecule has 7 nitrogen and oxygen atoms in total. The van der Waals surface area contributed by atoms with Crippen molar-refractivity contribution in [2.24, 2.45) is 11.7 Å². The highest BCUT2D eigenvalue weighted by Gasteiger charge is 2.36. The zero-order chi connectivity index (χ0) is 21.8. The first-order chi connectivity index (χ1) is 15.0. The van der Waals surface area contributed by atoms with Gasteiger partial charge in [0.1, 0.15) is 6.61 Å². The normalized spacial score (nSPS) is 26.5. The van der Waals surface area contributed by atoms with Crippen LogP contribution in [0.5, 0.6) is 0 Å². The molecule has 1 saturated carbocycles.